The fourth-order valence-electron chi connectivity index (χ4n) is 2.12. The molecule has 0 radical (unpaired) electrons. The smallest absolute Gasteiger partial charge is 0.419 e. The second-order valence-electron chi connectivity index (χ2n) is 4.84. The number of anilines is 1. The van der Waals surface area contributed by atoms with Crippen molar-refractivity contribution < 1.29 is 31.8 Å². The van der Waals surface area contributed by atoms with Crippen LogP contribution in [0.1, 0.15) is 15.9 Å². The minimum atomic E-state index is -4.87. The standard InChI is InChI=1S/C15H8ClF4NO3/c16-10-3-7(4-12-13(10)24-6-23-12)14(22)21-8-1-2-11(17)9(5-8)15(18,19)20/h1-5H,6H2,(H,21,22). The van der Waals surface area contributed by atoms with Crippen LogP contribution in [0.4, 0.5) is 23.2 Å². The Labute approximate surface area is 137 Å². The van der Waals surface area contributed by atoms with Gasteiger partial charge < -0.3 is 14.8 Å². The summed E-state index contributed by atoms with van der Waals surface area (Å²) in [6.07, 6.45) is -4.87. The number of carbonyl (C=O) groups is 1. The number of hydrogen-bond donors (Lipinski definition) is 1. The van der Waals surface area contributed by atoms with Gasteiger partial charge in [0, 0.05) is 11.3 Å². The quantitative estimate of drug-likeness (QED) is 0.802. The molecule has 126 valence electrons. The number of alkyl halides is 3. The Kier molecular flexibility index (Phi) is 4.00. The third kappa shape index (κ3) is 3.09. The van der Waals surface area contributed by atoms with Crippen molar-refractivity contribution >= 4 is 23.2 Å². The Hall–Kier alpha value is -2.48. The van der Waals surface area contributed by atoms with Crippen LogP contribution in [0, 0.1) is 5.82 Å². The fourth-order valence-corrected chi connectivity index (χ4v) is 2.39. The highest BCUT2D eigenvalue weighted by Gasteiger charge is 2.34. The van der Waals surface area contributed by atoms with E-state index < -0.39 is 23.5 Å². The number of rotatable bonds is 2. The maximum Gasteiger partial charge on any atom is 0.419 e. The summed E-state index contributed by atoms with van der Waals surface area (Å²) >= 11 is 5.94. The van der Waals surface area contributed by atoms with Crippen molar-refractivity contribution in [2.45, 2.75) is 6.18 Å². The van der Waals surface area contributed by atoms with Gasteiger partial charge in [-0.3, -0.25) is 4.79 Å². The highest BCUT2D eigenvalue weighted by atomic mass is 35.5. The summed E-state index contributed by atoms with van der Waals surface area (Å²) in [6, 6.07) is 4.81. The van der Waals surface area contributed by atoms with Crippen molar-refractivity contribution in [1.29, 1.82) is 0 Å². The first kappa shape index (κ1) is 16.4. The molecule has 1 heterocycles. The van der Waals surface area contributed by atoms with Crippen molar-refractivity contribution in [2.75, 3.05) is 12.1 Å². The lowest BCUT2D eigenvalue weighted by atomic mass is 10.1. The number of nitrogens with one attached hydrogen (secondary N) is 1. The molecule has 24 heavy (non-hydrogen) atoms. The highest BCUT2D eigenvalue weighted by Crippen LogP contribution is 2.40. The SMILES string of the molecule is O=C(Nc1ccc(F)c(C(F)(F)F)c1)c1cc(Cl)c2c(c1)OCO2. The molecule has 1 aliphatic heterocycles. The van der Waals surface area contributed by atoms with Crippen LogP contribution in [0.25, 0.3) is 0 Å². The first-order valence-corrected chi connectivity index (χ1v) is 6.91. The monoisotopic (exact) mass is 361 g/mol. The summed E-state index contributed by atoms with van der Waals surface area (Å²) in [4.78, 5) is 12.2. The van der Waals surface area contributed by atoms with Crippen molar-refractivity contribution in [2.24, 2.45) is 0 Å². The molecule has 2 aromatic rings. The number of halogens is 5. The zero-order chi connectivity index (χ0) is 17.5. The van der Waals surface area contributed by atoms with Gasteiger partial charge in [-0.1, -0.05) is 11.6 Å². The van der Waals surface area contributed by atoms with Crippen LogP contribution in [-0.4, -0.2) is 12.7 Å². The molecular formula is C15H8ClF4NO3. The number of ether oxygens (including phenoxy) is 2. The third-order valence-electron chi connectivity index (χ3n) is 3.22. The van der Waals surface area contributed by atoms with Crippen LogP contribution in [0.5, 0.6) is 11.5 Å². The number of fused-ring (bicyclic) bond motifs is 1. The van der Waals surface area contributed by atoms with Gasteiger partial charge in [0.05, 0.1) is 10.6 Å². The molecule has 0 saturated heterocycles. The highest BCUT2D eigenvalue weighted by molar-refractivity contribution is 6.32. The normalized spacial score (nSPS) is 13.0. The minimum absolute atomic E-state index is 0.0486. The zero-order valence-electron chi connectivity index (χ0n) is 11.7. The predicted molar refractivity (Wildman–Crippen MR) is 76.9 cm³/mol. The Balaban J connectivity index is 1.87. The molecule has 0 aliphatic carbocycles. The second-order valence-corrected chi connectivity index (χ2v) is 5.25. The van der Waals surface area contributed by atoms with Gasteiger partial charge >= 0.3 is 6.18 Å². The van der Waals surface area contributed by atoms with Crippen molar-refractivity contribution in [3.63, 3.8) is 0 Å². The topological polar surface area (TPSA) is 47.6 Å². The lowest BCUT2D eigenvalue weighted by Crippen LogP contribution is -2.14. The average Bonchev–Trinajstić information content (AvgIpc) is 2.97. The summed E-state index contributed by atoms with van der Waals surface area (Å²) in [5.41, 5.74) is -1.62. The molecule has 0 spiro atoms. The molecule has 0 fully saturated rings. The van der Waals surface area contributed by atoms with Gasteiger partial charge in [-0.2, -0.15) is 13.2 Å². The Morgan fingerprint density at radius 3 is 2.62 bits per heavy atom. The van der Waals surface area contributed by atoms with E-state index in [9.17, 15) is 22.4 Å². The summed E-state index contributed by atoms with van der Waals surface area (Å²) in [5.74, 6) is -1.61. The summed E-state index contributed by atoms with van der Waals surface area (Å²) < 4.78 is 61.5. The first-order valence-electron chi connectivity index (χ1n) is 6.53. The molecule has 0 aromatic heterocycles. The van der Waals surface area contributed by atoms with Crippen molar-refractivity contribution in [1.82, 2.24) is 0 Å². The van der Waals surface area contributed by atoms with Crippen LogP contribution in [-0.2, 0) is 6.18 Å². The molecule has 0 saturated carbocycles. The molecule has 1 N–H and O–H groups in total. The zero-order valence-corrected chi connectivity index (χ0v) is 12.5. The van der Waals surface area contributed by atoms with E-state index in [0.29, 0.717) is 12.1 Å². The van der Waals surface area contributed by atoms with Gasteiger partial charge in [0.1, 0.15) is 5.82 Å². The largest absolute Gasteiger partial charge is 0.454 e. The maximum atomic E-state index is 13.2. The summed E-state index contributed by atoms with van der Waals surface area (Å²) in [7, 11) is 0. The van der Waals surface area contributed by atoms with E-state index in [-0.39, 0.29) is 34.6 Å². The number of carbonyl (C=O) groups excluding carboxylic acids is 1. The van der Waals surface area contributed by atoms with E-state index >= 15 is 0 Å². The van der Waals surface area contributed by atoms with Gasteiger partial charge in [-0.05, 0) is 30.3 Å². The van der Waals surface area contributed by atoms with Crippen molar-refractivity contribution in [3.8, 4) is 11.5 Å². The van der Waals surface area contributed by atoms with E-state index in [0.717, 1.165) is 6.07 Å². The molecule has 0 atom stereocenters. The number of benzene rings is 2. The number of amides is 1. The van der Waals surface area contributed by atoms with Crippen molar-refractivity contribution in [3.05, 3.63) is 52.3 Å². The lowest BCUT2D eigenvalue weighted by Gasteiger charge is -2.11. The molecule has 1 aliphatic rings. The maximum absolute atomic E-state index is 13.2. The van der Waals surface area contributed by atoms with Gasteiger partial charge in [0.2, 0.25) is 6.79 Å². The third-order valence-corrected chi connectivity index (χ3v) is 3.50. The van der Waals surface area contributed by atoms with Gasteiger partial charge in [0.25, 0.3) is 5.91 Å². The van der Waals surface area contributed by atoms with Crippen LogP contribution >= 0.6 is 11.6 Å². The fraction of sp³-hybridized carbons (Fsp3) is 0.133. The van der Waals surface area contributed by atoms with Crippen LogP contribution < -0.4 is 14.8 Å². The number of hydrogen-bond acceptors (Lipinski definition) is 3. The molecule has 0 bridgehead atoms. The van der Waals surface area contributed by atoms with Gasteiger partial charge in [-0.25, -0.2) is 4.39 Å². The van der Waals surface area contributed by atoms with Gasteiger partial charge in [0.15, 0.2) is 11.5 Å². The van der Waals surface area contributed by atoms with Crippen LogP contribution in [0.2, 0.25) is 5.02 Å². The molecular weight excluding hydrogens is 354 g/mol. The molecule has 3 rings (SSSR count). The van der Waals surface area contributed by atoms with E-state index in [1.165, 1.54) is 12.1 Å². The molecule has 0 unspecified atom stereocenters. The van der Waals surface area contributed by atoms with E-state index in [2.05, 4.69) is 5.32 Å². The Bertz CT molecular complexity index is 823. The van der Waals surface area contributed by atoms with E-state index in [1.807, 2.05) is 0 Å². The molecule has 2 aromatic carbocycles. The average molecular weight is 362 g/mol. The summed E-state index contributed by atoms with van der Waals surface area (Å²) in [5, 5.41) is 2.39. The predicted octanol–water partition coefficient (Wildman–Crippen LogP) is 4.48. The Morgan fingerprint density at radius 1 is 1.17 bits per heavy atom. The Morgan fingerprint density at radius 2 is 1.92 bits per heavy atom. The summed E-state index contributed by atoms with van der Waals surface area (Å²) in [6.45, 7) is -0.0486. The van der Waals surface area contributed by atoms with Crippen LogP contribution in [0.3, 0.4) is 0 Å². The first-order chi connectivity index (χ1) is 11.3. The second kappa shape index (κ2) is 5.86. The molecule has 9 heteroatoms. The molecule has 4 nitrogen and oxygen atoms in total. The minimum Gasteiger partial charge on any atom is -0.454 e. The van der Waals surface area contributed by atoms with Gasteiger partial charge in [-0.15, -0.1) is 0 Å². The molecule has 1 amide bonds. The lowest BCUT2D eigenvalue weighted by molar-refractivity contribution is -0.139. The van der Waals surface area contributed by atoms with E-state index in [4.69, 9.17) is 21.1 Å². The van der Waals surface area contributed by atoms with Crippen LogP contribution in [0.15, 0.2) is 30.3 Å². The van der Waals surface area contributed by atoms with E-state index in [1.54, 1.807) is 0 Å².